The highest BCUT2D eigenvalue weighted by molar-refractivity contribution is 7.89. The van der Waals surface area contributed by atoms with Crippen molar-refractivity contribution >= 4 is 27.3 Å². The molecule has 1 aromatic heterocycles. The van der Waals surface area contributed by atoms with E-state index in [0.717, 1.165) is 12.5 Å². The highest BCUT2D eigenvalue weighted by atomic mass is 32.2. The Bertz CT molecular complexity index is 552. The van der Waals surface area contributed by atoms with Crippen molar-refractivity contribution in [3.8, 4) is 0 Å². The zero-order valence-electron chi connectivity index (χ0n) is 12.8. The third-order valence-electron chi connectivity index (χ3n) is 2.80. The van der Waals surface area contributed by atoms with Gasteiger partial charge in [0.15, 0.2) is 5.96 Å². The second kappa shape index (κ2) is 9.01. The summed E-state index contributed by atoms with van der Waals surface area (Å²) in [6.45, 7) is 5.54. The van der Waals surface area contributed by atoms with Crippen LogP contribution in [0.1, 0.15) is 23.1 Å². The first-order valence-electron chi connectivity index (χ1n) is 6.94. The maximum absolute atomic E-state index is 11.2. The third kappa shape index (κ3) is 7.45. The Morgan fingerprint density at radius 2 is 2.05 bits per heavy atom. The molecule has 1 aromatic rings. The van der Waals surface area contributed by atoms with Gasteiger partial charge >= 0.3 is 0 Å². The number of rotatable bonds is 8. The fraction of sp³-hybridized carbons (Fsp3) is 0.615. The lowest BCUT2D eigenvalue weighted by Gasteiger charge is -2.11. The van der Waals surface area contributed by atoms with Gasteiger partial charge in [0, 0.05) is 29.9 Å². The van der Waals surface area contributed by atoms with Gasteiger partial charge in [0.2, 0.25) is 10.0 Å². The van der Waals surface area contributed by atoms with Crippen LogP contribution in [-0.2, 0) is 16.6 Å². The minimum absolute atomic E-state index is 0.115. The van der Waals surface area contributed by atoms with E-state index in [1.54, 1.807) is 25.3 Å². The molecule has 0 fully saturated rings. The molecule has 3 N–H and O–H groups in total. The van der Waals surface area contributed by atoms with Crippen molar-refractivity contribution in [2.45, 2.75) is 26.8 Å². The Morgan fingerprint density at radius 3 is 2.62 bits per heavy atom. The van der Waals surface area contributed by atoms with Crippen LogP contribution in [0.5, 0.6) is 0 Å². The zero-order chi connectivity index (χ0) is 15.7. The molecule has 0 amide bonds. The van der Waals surface area contributed by atoms with Crippen molar-refractivity contribution in [2.75, 3.05) is 25.9 Å². The normalized spacial score (nSPS) is 12.4. The molecule has 0 bridgehead atoms. The quantitative estimate of drug-likeness (QED) is 0.377. The highest BCUT2D eigenvalue weighted by Crippen LogP contribution is 2.14. The SMILES string of the molecule is CCS(=O)(=O)NCCCNC(=NC)NCc1ccc(C)s1. The van der Waals surface area contributed by atoms with E-state index in [-0.39, 0.29) is 5.75 Å². The summed E-state index contributed by atoms with van der Waals surface area (Å²) in [6.07, 6.45) is 0.706. The summed E-state index contributed by atoms with van der Waals surface area (Å²) in [5.41, 5.74) is 0. The van der Waals surface area contributed by atoms with Gasteiger partial charge in [0.05, 0.1) is 12.3 Å². The van der Waals surface area contributed by atoms with Gasteiger partial charge in [-0.2, -0.15) is 0 Å². The number of sulfonamides is 1. The molecule has 0 saturated carbocycles. The van der Waals surface area contributed by atoms with E-state index in [4.69, 9.17) is 0 Å². The number of hydrogen-bond donors (Lipinski definition) is 3. The molecule has 0 aliphatic carbocycles. The van der Waals surface area contributed by atoms with Crippen LogP contribution in [0, 0.1) is 6.92 Å². The van der Waals surface area contributed by atoms with Crippen LogP contribution < -0.4 is 15.4 Å². The van der Waals surface area contributed by atoms with E-state index in [9.17, 15) is 8.42 Å². The van der Waals surface area contributed by atoms with Crippen molar-refractivity contribution in [1.82, 2.24) is 15.4 Å². The molecular formula is C13H24N4O2S2. The molecule has 1 heterocycles. The lowest BCUT2D eigenvalue weighted by molar-refractivity contribution is 0.579. The standard InChI is InChI=1S/C13H24N4O2S2/c1-4-21(18,19)17-9-5-8-15-13(14-3)16-10-12-7-6-11(2)20-12/h6-7,17H,4-5,8-10H2,1-3H3,(H2,14,15,16). The van der Waals surface area contributed by atoms with Crippen molar-refractivity contribution in [2.24, 2.45) is 4.99 Å². The molecule has 0 unspecified atom stereocenters. The van der Waals surface area contributed by atoms with Crippen LogP contribution in [-0.4, -0.2) is 40.3 Å². The molecule has 0 aliphatic heterocycles. The second-order valence-electron chi connectivity index (χ2n) is 4.52. The molecule has 8 heteroatoms. The molecule has 1 rings (SSSR count). The maximum Gasteiger partial charge on any atom is 0.211 e. The fourth-order valence-corrected chi connectivity index (χ4v) is 3.09. The van der Waals surface area contributed by atoms with Crippen molar-refractivity contribution in [3.05, 3.63) is 21.9 Å². The maximum atomic E-state index is 11.2. The first-order chi connectivity index (χ1) is 9.96. The molecule has 21 heavy (non-hydrogen) atoms. The molecule has 0 aliphatic rings. The molecule has 120 valence electrons. The molecule has 0 spiro atoms. The van der Waals surface area contributed by atoms with Gasteiger partial charge in [-0.05, 0) is 32.4 Å². The third-order valence-corrected chi connectivity index (χ3v) is 5.20. The topological polar surface area (TPSA) is 82.6 Å². The van der Waals surface area contributed by atoms with Crippen LogP contribution >= 0.6 is 11.3 Å². The summed E-state index contributed by atoms with van der Waals surface area (Å²) < 4.78 is 25.0. The highest BCUT2D eigenvalue weighted by Gasteiger charge is 2.04. The number of nitrogens with one attached hydrogen (secondary N) is 3. The number of aryl methyl sites for hydroxylation is 1. The van der Waals surface area contributed by atoms with Crippen molar-refractivity contribution in [1.29, 1.82) is 0 Å². The molecule has 0 atom stereocenters. The van der Waals surface area contributed by atoms with Crippen LogP contribution in [0.4, 0.5) is 0 Å². The van der Waals surface area contributed by atoms with E-state index in [2.05, 4.69) is 39.4 Å². The van der Waals surface area contributed by atoms with E-state index in [0.29, 0.717) is 19.5 Å². The van der Waals surface area contributed by atoms with Gasteiger partial charge in [0.25, 0.3) is 0 Å². The minimum atomic E-state index is -3.09. The molecule has 0 saturated heterocycles. The summed E-state index contributed by atoms with van der Waals surface area (Å²) in [5, 5.41) is 6.39. The minimum Gasteiger partial charge on any atom is -0.356 e. The Morgan fingerprint density at radius 1 is 1.29 bits per heavy atom. The first-order valence-corrected chi connectivity index (χ1v) is 9.41. The molecule has 0 radical (unpaired) electrons. The van der Waals surface area contributed by atoms with E-state index >= 15 is 0 Å². The van der Waals surface area contributed by atoms with Crippen LogP contribution in [0.3, 0.4) is 0 Å². The van der Waals surface area contributed by atoms with Crippen LogP contribution in [0.15, 0.2) is 17.1 Å². The average Bonchev–Trinajstić information content (AvgIpc) is 2.87. The number of nitrogens with zero attached hydrogens (tertiary/aromatic N) is 1. The van der Waals surface area contributed by atoms with Crippen LogP contribution in [0.25, 0.3) is 0 Å². The second-order valence-corrected chi connectivity index (χ2v) is 7.98. The largest absolute Gasteiger partial charge is 0.356 e. The molecule has 0 aromatic carbocycles. The zero-order valence-corrected chi connectivity index (χ0v) is 14.4. The van der Waals surface area contributed by atoms with Gasteiger partial charge in [-0.3, -0.25) is 4.99 Å². The van der Waals surface area contributed by atoms with Gasteiger partial charge in [-0.15, -0.1) is 11.3 Å². The van der Waals surface area contributed by atoms with E-state index in [1.807, 2.05) is 0 Å². The number of thiophene rings is 1. The Kier molecular flexibility index (Phi) is 7.69. The lowest BCUT2D eigenvalue weighted by atomic mass is 10.4. The Balaban J connectivity index is 2.20. The summed E-state index contributed by atoms with van der Waals surface area (Å²) in [4.78, 5) is 6.68. The summed E-state index contributed by atoms with van der Waals surface area (Å²) in [7, 11) is -1.37. The molecular weight excluding hydrogens is 308 g/mol. The van der Waals surface area contributed by atoms with E-state index < -0.39 is 10.0 Å². The van der Waals surface area contributed by atoms with Crippen molar-refractivity contribution in [3.63, 3.8) is 0 Å². The first kappa shape index (κ1) is 17.9. The monoisotopic (exact) mass is 332 g/mol. The van der Waals surface area contributed by atoms with Gasteiger partial charge in [-0.1, -0.05) is 0 Å². The Labute approximate surface area is 131 Å². The lowest BCUT2D eigenvalue weighted by Crippen LogP contribution is -2.38. The van der Waals surface area contributed by atoms with Crippen LogP contribution in [0.2, 0.25) is 0 Å². The van der Waals surface area contributed by atoms with E-state index in [1.165, 1.54) is 9.75 Å². The average molecular weight is 332 g/mol. The number of aliphatic imine (C=N–C) groups is 1. The number of guanidine groups is 1. The summed E-state index contributed by atoms with van der Waals surface area (Å²) in [6, 6.07) is 4.19. The van der Waals surface area contributed by atoms with Crippen molar-refractivity contribution < 1.29 is 8.42 Å². The number of hydrogen-bond acceptors (Lipinski definition) is 4. The molecule has 6 nitrogen and oxygen atoms in total. The fourth-order valence-electron chi connectivity index (χ4n) is 1.60. The van der Waals surface area contributed by atoms with Gasteiger partial charge < -0.3 is 10.6 Å². The summed E-state index contributed by atoms with van der Waals surface area (Å²) >= 11 is 1.76. The smallest absolute Gasteiger partial charge is 0.211 e. The predicted octanol–water partition coefficient (Wildman–Crippen LogP) is 1.05. The Hall–Kier alpha value is -1.12. The van der Waals surface area contributed by atoms with Gasteiger partial charge in [-0.25, -0.2) is 13.1 Å². The predicted molar refractivity (Wildman–Crippen MR) is 89.3 cm³/mol. The summed E-state index contributed by atoms with van der Waals surface area (Å²) in [5.74, 6) is 0.837. The van der Waals surface area contributed by atoms with Gasteiger partial charge in [0.1, 0.15) is 0 Å².